The third-order valence-electron chi connectivity index (χ3n) is 2.56. The summed E-state index contributed by atoms with van der Waals surface area (Å²) in [5.74, 6) is 0. The van der Waals surface area contributed by atoms with E-state index in [1.54, 1.807) is 10.4 Å². The molecule has 0 saturated heterocycles. The summed E-state index contributed by atoms with van der Waals surface area (Å²) in [6.45, 7) is 12.0. The van der Waals surface area contributed by atoms with Gasteiger partial charge in [0.2, 0.25) is 0 Å². The fraction of sp³-hybridized carbons (Fsp3) is 0.455. The Morgan fingerprint density at radius 1 is 0.923 bits per heavy atom. The molecule has 0 atom stereocenters. The van der Waals surface area contributed by atoms with E-state index in [9.17, 15) is 0 Å². The van der Waals surface area contributed by atoms with Gasteiger partial charge >= 0.3 is 0 Å². The SMILES string of the molecule is Cc1cccc([SiH](C)C)c1[SiH](C)C. The summed E-state index contributed by atoms with van der Waals surface area (Å²) in [5.41, 5.74) is 1.53. The highest BCUT2D eigenvalue weighted by Crippen LogP contribution is 1.96. The van der Waals surface area contributed by atoms with Gasteiger partial charge in [-0.25, -0.2) is 0 Å². The molecule has 0 aliphatic heterocycles. The maximum Gasteiger partial charge on any atom is 0.0649 e. The van der Waals surface area contributed by atoms with E-state index >= 15 is 0 Å². The summed E-state index contributed by atoms with van der Waals surface area (Å²) >= 11 is 0. The first-order valence-electron chi connectivity index (χ1n) is 5.13. The topological polar surface area (TPSA) is 0 Å². The van der Waals surface area contributed by atoms with Crippen molar-refractivity contribution in [3.63, 3.8) is 0 Å². The van der Waals surface area contributed by atoms with Gasteiger partial charge in [-0.1, -0.05) is 60.3 Å². The monoisotopic (exact) mass is 208 g/mol. The summed E-state index contributed by atoms with van der Waals surface area (Å²) in [6, 6.07) is 6.84. The molecule has 1 aromatic rings. The average molecular weight is 208 g/mol. The van der Waals surface area contributed by atoms with E-state index in [-0.39, 0.29) is 0 Å². The lowest BCUT2D eigenvalue weighted by molar-refractivity contribution is 1.52. The Morgan fingerprint density at radius 3 is 1.92 bits per heavy atom. The standard InChI is InChI=1S/C11H20Si2/c1-9-7-6-8-10(12(2)3)11(9)13(4)5/h6-8,12-13H,1-5H3. The molecule has 0 unspecified atom stereocenters. The minimum atomic E-state index is -0.629. The minimum absolute atomic E-state index is 0.618. The first-order valence-corrected chi connectivity index (χ1v) is 10.9. The van der Waals surface area contributed by atoms with Crippen LogP contribution in [0.2, 0.25) is 26.2 Å². The quantitative estimate of drug-likeness (QED) is 0.644. The van der Waals surface area contributed by atoms with Crippen LogP contribution in [0.4, 0.5) is 0 Å². The molecule has 72 valence electrons. The van der Waals surface area contributed by atoms with Gasteiger partial charge in [-0.2, -0.15) is 0 Å². The third-order valence-corrected chi connectivity index (χ3v) is 6.58. The smallest absolute Gasteiger partial charge is 0.0649 e. The van der Waals surface area contributed by atoms with Crippen molar-refractivity contribution in [3.8, 4) is 0 Å². The van der Waals surface area contributed by atoms with E-state index in [1.165, 1.54) is 5.56 Å². The van der Waals surface area contributed by atoms with Crippen LogP contribution in [0.25, 0.3) is 0 Å². The van der Waals surface area contributed by atoms with Gasteiger partial charge in [0, 0.05) is 0 Å². The Balaban J connectivity index is 3.26. The highest BCUT2D eigenvalue weighted by Gasteiger charge is 2.12. The molecule has 0 aromatic heterocycles. The summed E-state index contributed by atoms with van der Waals surface area (Å²) in [7, 11) is -1.25. The first kappa shape index (κ1) is 10.7. The minimum Gasteiger partial charge on any atom is -0.0682 e. The maximum atomic E-state index is 2.43. The number of hydrogen-bond acceptors (Lipinski definition) is 0. The normalized spacial score (nSPS) is 11.3. The molecule has 0 spiro atoms. The lowest BCUT2D eigenvalue weighted by Crippen LogP contribution is -2.45. The predicted molar refractivity (Wildman–Crippen MR) is 68.2 cm³/mol. The van der Waals surface area contributed by atoms with Crippen molar-refractivity contribution in [2.24, 2.45) is 0 Å². The number of hydrogen-bond donors (Lipinski definition) is 0. The Bertz CT molecular complexity index is 290. The predicted octanol–water partition coefficient (Wildman–Crippen LogP) is 1.38. The van der Waals surface area contributed by atoms with Crippen LogP contribution in [0.3, 0.4) is 0 Å². The molecular weight excluding hydrogens is 188 g/mol. The number of aryl methyl sites for hydroxylation is 1. The van der Waals surface area contributed by atoms with Gasteiger partial charge < -0.3 is 0 Å². The molecule has 0 heterocycles. The molecule has 0 N–H and O–H groups in total. The molecule has 13 heavy (non-hydrogen) atoms. The van der Waals surface area contributed by atoms with Gasteiger partial charge in [0.25, 0.3) is 0 Å². The van der Waals surface area contributed by atoms with Crippen LogP contribution >= 0.6 is 0 Å². The molecule has 0 fully saturated rings. The molecule has 0 bridgehead atoms. The molecule has 0 amide bonds. The van der Waals surface area contributed by atoms with Crippen LogP contribution in [0.1, 0.15) is 5.56 Å². The highest BCUT2D eigenvalue weighted by molar-refractivity contribution is 6.82. The van der Waals surface area contributed by atoms with E-state index in [2.05, 4.69) is 51.3 Å². The van der Waals surface area contributed by atoms with Crippen LogP contribution in [0, 0.1) is 6.92 Å². The Morgan fingerprint density at radius 2 is 1.54 bits per heavy atom. The second-order valence-corrected chi connectivity index (χ2v) is 10.2. The second-order valence-electron chi connectivity index (χ2n) is 4.39. The molecule has 0 saturated carbocycles. The van der Waals surface area contributed by atoms with Crippen molar-refractivity contribution in [1.82, 2.24) is 0 Å². The number of rotatable bonds is 2. The second kappa shape index (κ2) is 4.24. The largest absolute Gasteiger partial charge is 0.0682 e. The molecule has 0 radical (unpaired) electrons. The zero-order valence-electron chi connectivity index (χ0n) is 9.39. The Kier molecular flexibility index (Phi) is 3.50. The van der Waals surface area contributed by atoms with Crippen LogP contribution < -0.4 is 10.4 Å². The Labute approximate surface area is 85.2 Å². The van der Waals surface area contributed by atoms with Crippen LogP contribution in [0.5, 0.6) is 0 Å². The van der Waals surface area contributed by atoms with E-state index in [0.717, 1.165) is 0 Å². The van der Waals surface area contributed by atoms with Crippen LogP contribution in [-0.4, -0.2) is 17.6 Å². The van der Waals surface area contributed by atoms with Gasteiger partial charge in [0.15, 0.2) is 0 Å². The number of benzene rings is 1. The lowest BCUT2D eigenvalue weighted by Gasteiger charge is -2.17. The molecule has 1 rings (SSSR count). The van der Waals surface area contributed by atoms with E-state index in [1.807, 2.05) is 0 Å². The van der Waals surface area contributed by atoms with Gasteiger partial charge in [0.1, 0.15) is 0 Å². The Hall–Kier alpha value is -0.346. The average Bonchev–Trinajstić information content (AvgIpc) is 2.02. The highest BCUT2D eigenvalue weighted by atomic mass is 28.3. The molecule has 1 aromatic carbocycles. The van der Waals surface area contributed by atoms with E-state index in [4.69, 9.17) is 0 Å². The molecule has 0 aliphatic carbocycles. The summed E-state index contributed by atoms with van der Waals surface area (Å²) < 4.78 is 0. The zero-order valence-corrected chi connectivity index (χ0v) is 11.7. The summed E-state index contributed by atoms with van der Waals surface area (Å²) in [6.07, 6.45) is 0. The summed E-state index contributed by atoms with van der Waals surface area (Å²) in [5, 5.41) is 3.45. The van der Waals surface area contributed by atoms with Crippen molar-refractivity contribution in [2.45, 2.75) is 33.1 Å². The van der Waals surface area contributed by atoms with Crippen molar-refractivity contribution in [3.05, 3.63) is 23.8 Å². The molecule has 0 nitrogen and oxygen atoms in total. The lowest BCUT2D eigenvalue weighted by atomic mass is 10.2. The van der Waals surface area contributed by atoms with E-state index in [0.29, 0.717) is 0 Å². The first-order chi connectivity index (χ1) is 6.04. The van der Waals surface area contributed by atoms with Crippen molar-refractivity contribution in [1.29, 1.82) is 0 Å². The summed E-state index contributed by atoms with van der Waals surface area (Å²) in [4.78, 5) is 0. The van der Waals surface area contributed by atoms with E-state index < -0.39 is 17.6 Å². The van der Waals surface area contributed by atoms with Crippen molar-refractivity contribution >= 4 is 28.0 Å². The molecule has 2 heteroatoms. The van der Waals surface area contributed by atoms with Gasteiger partial charge in [-0.05, 0) is 6.92 Å². The van der Waals surface area contributed by atoms with Gasteiger partial charge in [-0.3, -0.25) is 0 Å². The maximum absolute atomic E-state index is 2.43. The van der Waals surface area contributed by atoms with Crippen molar-refractivity contribution < 1.29 is 0 Å². The van der Waals surface area contributed by atoms with Gasteiger partial charge in [-0.15, -0.1) is 0 Å². The van der Waals surface area contributed by atoms with Crippen molar-refractivity contribution in [2.75, 3.05) is 0 Å². The molecular formula is C11H20Si2. The van der Waals surface area contributed by atoms with Crippen LogP contribution in [-0.2, 0) is 0 Å². The zero-order chi connectivity index (χ0) is 10.0. The molecule has 0 aliphatic rings. The fourth-order valence-corrected chi connectivity index (χ4v) is 7.11. The van der Waals surface area contributed by atoms with Gasteiger partial charge in [0.05, 0.1) is 17.6 Å². The fourth-order valence-electron chi connectivity index (χ4n) is 2.00. The van der Waals surface area contributed by atoms with Crippen LogP contribution in [0.15, 0.2) is 18.2 Å². The third kappa shape index (κ3) is 2.32.